The Bertz CT molecular complexity index is 756. The lowest BCUT2D eigenvalue weighted by Gasteiger charge is -2.30. The predicted molar refractivity (Wildman–Crippen MR) is 105 cm³/mol. The van der Waals surface area contributed by atoms with Crippen LogP contribution in [0.2, 0.25) is 10.0 Å². The lowest BCUT2D eigenvalue weighted by Crippen LogP contribution is -2.41. The third-order valence-electron chi connectivity index (χ3n) is 4.81. The minimum Gasteiger partial charge on any atom is -0.339 e. The molecule has 0 bridgehead atoms. The monoisotopic (exact) mass is 376 g/mol. The zero-order chi connectivity index (χ0) is 18.2. The van der Waals surface area contributed by atoms with Crippen molar-refractivity contribution in [2.45, 2.75) is 45.2 Å². The minimum atomic E-state index is -0.338. The van der Waals surface area contributed by atoms with E-state index in [1.54, 1.807) is 6.07 Å². The van der Waals surface area contributed by atoms with E-state index < -0.39 is 0 Å². The van der Waals surface area contributed by atoms with Crippen molar-refractivity contribution < 1.29 is 9.47 Å². The number of hydrogen-bond donors (Lipinski definition) is 0. The molecule has 25 heavy (non-hydrogen) atoms. The summed E-state index contributed by atoms with van der Waals surface area (Å²) in [7, 11) is 0. The van der Waals surface area contributed by atoms with Crippen molar-refractivity contribution in [3.05, 3.63) is 69.2 Å². The van der Waals surface area contributed by atoms with Gasteiger partial charge in [-0.1, -0.05) is 59.6 Å². The normalized spacial score (nSPS) is 19.6. The minimum absolute atomic E-state index is 0.331. The molecule has 1 heterocycles. The lowest BCUT2D eigenvalue weighted by molar-refractivity contribution is -0.0895. The number of ether oxygens (including phenoxy) is 2. The first-order valence-corrected chi connectivity index (χ1v) is 9.02. The fourth-order valence-electron chi connectivity index (χ4n) is 2.61. The Morgan fingerprint density at radius 1 is 0.760 bits per heavy atom. The average molecular weight is 377 g/mol. The van der Waals surface area contributed by atoms with Gasteiger partial charge >= 0.3 is 0 Å². The second-order valence-electron chi connectivity index (χ2n) is 7.29. The molecule has 0 aliphatic carbocycles. The molecular formula is C21H22Cl2O2. The second kappa shape index (κ2) is 6.77. The van der Waals surface area contributed by atoms with Crippen LogP contribution in [0.5, 0.6) is 0 Å². The highest BCUT2D eigenvalue weighted by Gasteiger charge is 2.49. The molecule has 0 aromatic heterocycles. The molecule has 132 valence electrons. The smallest absolute Gasteiger partial charge is 0.185 e. The highest BCUT2D eigenvalue weighted by atomic mass is 35.5. The van der Waals surface area contributed by atoms with Crippen LogP contribution in [-0.2, 0) is 9.47 Å². The first-order valence-electron chi connectivity index (χ1n) is 8.26. The molecule has 2 nitrogen and oxygen atoms in total. The van der Waals surface area contributed by atoms with Crippen LogP contribution < -0.4 is 0 Å². The molecule has 1 saturated heterocycles. The van der Waals surface area contributed by atoms with Gasteiger partial charge in [0.2, 0.25) is 0 Å². The molecule has 4 heteroatoms. The van der Waals surface area contributed by atoms with Crippen LogP contribution in [0.4, 0.5) is 0 Å². The van der Waals surface area contributed by atoms with Gasteiger partial charge in [0.15, 0.2) is 6.29 Å². The summed E-state index contributed by atoms with van der Waals surface area (Å²) < 4.78 is 12.2. The first-order chi connectivity index (χ1) is 11.7. The molecule has 2 aromatic rings. The fraction of sp³-hybridized carbons (Fsp3) is 0.333. The number of hydrogen-bond acceptors (Lipinski definition) is 2. The summed E-state index contributed by atoms with van der Waals surface area (Å²) in [6, 6.07) is 13.6. The Labute approximate surface area is 159 Å². The maximum Gasteiger partial charge on any atom is 0.185 e. The van der Waals surface area contributed by atoms with Gasteiger partial charge in [0.25, 0.3) is 0 Å². The van der Waals surface area contributed by atoms with E-state index in [-0.39, 0.29) is 17.5 Å². The molecule has 3 rings (SSSR count). The van der Waals surface area contributed by atoms with Gasteiger partial charge in [-0.15, -0.1) is 0 Å². The predicted octanol–water partition coefficient (Wildman–Crippen LogP) is 6.77. The fourth-order valence-corrected chi connectivity index (χ4v) is 3.15. The van der Waals surface area contributed by atoms with E-state index >= 15 is 0 Å². The molecule has 0 atom stereocenters. The highest BCUT2D eigenvalue weighted by molar-refractivity contribution is 6.34. The zero-order valence-corrected chi connectivity index (χ0v) is 16.4. The molecular weight excluding hydrogens is 355 g/mol. The summed E-state index contributed by atoms with van der Waals surface area (Å²) >= 11 is 12.1. The summed E-state index contributed by atoms with van der Waals surface area (Å²) in [6.45, 7) is 8.22. The van der Waals surface area contributed by atoms with Gasteiger partial charge in [-0.3, -0.25) is 0 Å². The quantitative estimate of drug-likeness (QED) is 0.550. The zero-order valence-electron chi connectivity index (χ0n) is 14.8. The summed E-state index contributed by atoms with van der Waals surface area (Å²) in [5.41, 5.74) is 2.40. The summed E-state index contributed by atoms with van der Waals surface area (Å²) in [4.78, 5) is 0. The van der Waals surface area contributed by atoms with Crippen molar-refractivity contribution in [3.8, 4) is 0 Å². The van der Waals surface area contributed by atoms with E-state index in [9.17, 15) is 0 Å². The lowest BCUT2D eigenvalue weighted by atomic mass is 9.90. The van der Waals surface area contributed by atoms with Gasteiger partial charge in [0, 0.05) is 15.6 Å². The topological polar surface area (TPSA) is 18.5 Å². The third kappa shape index (κ3) is 4.09. The van der Waals surface area contributed by atoms with Crippen molar-refractivity contribution in [2.75, 3.05) is 0 Å². The molecule has 0 spiro atoms. The molecule has 0 radical (unpaired) electrons. The van der Waals surface area contributed by atoms with E-state index in [0.717, 1.165) is 16.7 Å². The van der Waals surface area contributed by atoms with Crippen molar-refractivity contribution in [1.82, 2.24) is 0 Å². The van der Waals surface area contributed by atoms with Gasteiger partial charge in [-0.05, 0) is 57.0 Å². The van der Waals surface area contributed by atoms with Crippen molar-refractivity contribution in [3.63, 3.8) is 0 Å². The van der Waals surface area contributed by atoms with Crippen LogP contribution in [0.15, 0.2) is 42.5 Å². The summed E-state index contributed by atoms with van der Waals surface area (Å²) in [6.07, 6.45) is 3.67. The second-order valence-corrected chi connectivity index (χ2v) is 8.16. The Morgan fingerprint density at radius 2 is 1.24 bits per heavy atom. The van der Waals surface area contributed by atoms with Crippen molar-refractivity contribution in [1.29, 1.82) is 0 Å². The average Bonchev–Trinajstić information content (AvgIpc) is 2.73. The van der Waals surface area contributed by atoms with Crippen molar-refractivity contribution in [2.24, 2.45) is 0 Å². The van der Waals surface area contributed by atoms with Crippen LogP contribution in [0.1, 0.15) is 50.7 Å². The number of benzene rings is 2. The number of halogens is 2. The van der Waals surface area contributed by atoms with Crippen LogP contribution in [-0.4, -0.2) is 11.2 Å². The Balaban J connectivity index is 1.74. The van der Waals surface area contributed by atoms with E-state index in [1.165, 1.54) is 0 Å². The maximum atomic E-state index is 6.08. The van der Waals surface area contributed by atoms with Crippen LogP contribution in [0.25, 0.3) is 12.2 Å². The summed E-state index contributed by atoms with van der Waals surface area (Å²) in [5, 5.41) is 1.26. The molecule has 0 unspecified atom stereocenters. The largest absolute Gasteiger partial charge is 0.339 e. The molecule has 0 saturated carbocycles. The maximum absolute atomic E-state index is 6.08. The van der Waals surface area contributed by atoms with Gasteiger partial charge in [-0.2, -0.15) is 0 Å². The van der Waals surface area contributed by atoms with E-state index in [2.05, 4.69) is 27.7 Å². The van der Waals surface area contributed by atoms with Crippen LogP contribution >= 0.6 is 23.2 Å². The molecule has 1 aliphatic rings. The van der Waals surface area contributed by atoms with E-state index in [0.29, 0.717) is 10.0 Å². The molecule has 0 amide bonds. The van der Waals surface area contributed by atoms with Gasteiger partial charge in [0.1, 0.15) is 0 Å². The highest BCUT2D eigenvalue weighted by Crippen LogP contribution is 2.44. The third-order valence-corrected chi connectivity index (χ3v) is 5.25. The molecule has 1 fully saturated rings. The number of rotatable bonds is 3. The Kier molecular flexibility index (Phi) is 5.00. The molecule has 2 aromatic carbocycles. The first kappa shape index (κ1) is 18.5. The molecule has 1 aliphatic heterocycles. The molecule has 0 N–H and O–H groups in total. The van der Waals surface area contributed by atoms with Crippen LogP contribution in [0, 0.1) is 0 Å². The van der Waals surface area contributed by atoms with E-state index in [1.807, 2.05) is 48.6 Å². The van der Waals surface area contributed by atoms with E-state index in [4.69, 9.17) is 32.7 Å². The van der Waals surface area contributed by atoms with Crippen molar-refractivity contribution >= 4 is 35.4 Å². The van der Waals surface area contributed by atoms with Gasteiger partial charge in [-0.25, -0.2) is 0 Å². The van der Waals surface area contributed by atoms with Crippen LogP contribution in [0.3, 0.4) is 0 Å². The standard InChI is InChI=1S/C21H22Cl2O2/c1-20(2)21(3,4)25-19(24-20)16-9-7-14(8-10-16)5-6-15-11-17(22)13-18(23)12-15/h5-13,19H,1-4H3/b6-5+. The SMILES string of the molecule is CC1(C)OC(c2ccc(/C=C/c3cc(Cl)cc(Cl)c3)cc2)OC1(C)C. The summed E-state index contributed by atoms with van der Waals surface area (Å²) in [5.74, 6) is 0. The Hall–Kier alpha value is -1.32. The van der Waals surface area contributed by atoms with Gasteiger partial charge in [0.05, 0.1) is 11.2 Å². The Morgan fingerprint density at radius 3 is 1.76 bits per heavy atom. The van der Waals surface area contributed by atoms with Gasteiger partial charge < -0.3 is 9.47 Å².